The molecule has 2 N–H and O–H groups in total. The van der Waals surface area contributed by atoms with Crippen LogP contribution in [0.25, 0.3) is 0 Å². The largest absolute Gasteiger partial charge is 0.469 e. The topological polar surface area (TPSA) is 39.2 Å². The van der Waals surface area contributed by atoms with E-state index in [4.69, 9.17) is 10.2 Å². The molecule has 0 aromatic carbocycles. The van der Waals surface area contributed by atoms with Crippen molar-refractivity contribution in [2.45, 2.75) is 51.5 Å². The normalized spacial score (nSPS) is 22.1. The van der Waals surface area contributed by atoms with Crippen LogP contribution in [-0.4, -0.2) is 6.04 Å². The molecule has 0 saturated heterocycles. The van der Waals surface area contributed by atoms with E-state index in [1.54, 1.807) is 0 Å². The van der Waals surface area contributed by atoms with Crippen molar-refractivity contribution in [3.05, 3.63) is 23.2 Å². The molecule has 0 amide bonds. The van der Waals surface area contributed by atoms with Crippen molar-refractivity contribution in [3.63, 3.8) is 0 Å². The Kier molecular flexibility index (Phi) is 2.18. The highest BCUT2D eigenvalue weighted by Gasteiger charge is 2.27. The molecule has 0 fully saturated rings. The van der Waals surface area contributed by atoms with Gasteiger partial charge in [0.05, 0.1) is 6.26 Å². The molecule has 0 spiro atoms. The summed E-state index contributed by atoms with van der Waals surface area (Å²) in [5, 5.41) is 0. The predicted molar refractivity (Wildman–Crippen MR) is 57.4 cm³/mol. The van der Waals surface area contributed by atoms with Crippen LogP contribution in [0, 0.1) is 0 Å². The fourth-order valence-electron chi connectivity index (χ4n) is 2.17. The smallest absolute Gasteiger partial charge is 0.108 e. The van der Waals surface area contributed by atoms with Crippen molar-refractivity contribution in [1.82, 2.24) is 0 Å². The molecule has 0 radical (unpaired) electrons. The van der Waals surface area contributed by atoms with Crippen LogP contribution in [0.5, 0.6) is 0 Å². The Morgan fingerprint density at radius 1 is 1.43 bits per heavy atom. The van der Waals surface area contributed by atoms with Gasteiger partial charge in [-0.05, 0) is 29.4 Å². The number of hydrogen-bond acceptors (Lipinski definition) is 2. The molecule has 1 aliphatic rings. The minimum atomic E-state index is 0.193. The Hall–Kier alpha value is -0.760. The van der Waals surface area contributed by atoms with Gasteiger partial charge in [-0.15, -0.1) is 0 Å². The van der Waals surface area contributed by atoms with Gasteiger partial charge in [-0.25, -0.2) is 0 Å². The maximum atomic E-state index is 5.91. The molecule has 2 heteroatoms. The summed E-state index contributed by atoms with van der Waals surface area (Å²) in [5.41, 5.74) is 8.88. The molecular formula is C12H19NO. The van der Waals surface area contributed by atoms with Crippen LogP contribution in [-0.2, 0) is 18.3 Å². The summed E-state index contributed by atoms with van der Waals surface area (Å²) in [7, 11) is 0. The second-order valence-electron chi connectivity index (χ2n) is 5.30. The summed E-state index contributed by atoms with van der Waals surface area (Å²) < 4.78 is 5.60. The molecule has 0 aliphatic heterocycles. The number of hydrogen-bond donors (Lipinski definition) is 1. The first kappa shape index (κ1) is 9.78. The number of nitrogens with two attached hydrogens (primary N) is 1. The van der Waals surface area contributed by atoms with Crippen LogP contribution >= 0.6 is 0 Å². The van der Waals surface area contributed by atoms with Gasteiger partial charge in [-0.2, -0.15) is 0 Å². The molecule has 1 unspecified atom stereocenters. The van der Waals surface area contributed by atoms with Crippen LogP contribution in [0.15, 0.2) is 10.7 Å². The van der Waals surface area contributed by atoms with Gasteiger partial charge in [0.2, 0.25) is 0 Å². The summed E-state index contributed by atoms with van der Waals surface area (Å²) in [6.07, 6.45) is 5.00. The molecule has 0 bridgehead atoms. The lowest BCUT2D eigenvalue weighted by Crippen LogP contribution is -2.28. The van der Waals surface area contributed by atoms with Crippen molar-refractivity contribution in [2.75, 3.05) is 0 Å². The second kappa shape index (κ2) is 3.13. The summed E-state index contributed by atoms with van der Waals surface area (Å²) in [6.45, 7) is 6.69. The Bertz CT molecular complexity index is 333. The average molecular weight is 193 g/mol. The zero-order chi connectivity index (χ0) is 10.3. The first-order valence-corrected chi connectivity index (χ1v) is 5.34. The Balaban J connectivity index is 2.38. The van der Waals surface area contributed by atoms with E-state index >= 15 is 0 Å². The van der Waals surface area contributed by atoms with Gasteiger partial charge in [0.15, 0.2) is 0 Å². The van der Waals surface area contributed by atoms with Crippen LogP contribution in [0.1, 0.15) is 44.1 Å². The van der Waals surface area contributed by atoms with Gasteiger partial charge in [0, 0.05) is 12.5 Å². The van der Waals surface area contributed by atoms with E-state index in [1.807, 2.05) is 6.26 Å². The van der Waals surface area contributed by atoms with Gasteiger partial charge in [0.1, 0.15) is 5.76 Å². The summed E-state index contributed by atoms with van der Waals surface area (Å²) in [4.78, 5) is 0. The average Bonchev–Trinajstić information content (AvgIpc) is 2.45. The molecule has 2 rings (SSSR count). The van der Waals surface area contributed by atoms with Gasteiger partial charge >= 0.3 is 0 Å². The molecule has 1 atom stereocenters. The van der Waals surface area contributed by atoms with E-state index < -0.39 is 0 Å². The molecule has 1 aliphatic carbocycles. The van der Waals surface area contributed by atoms with E-state index in [0.717, 1.165) is 25.0 Å². The molecule has 2 nitrogen and oxygen atoms in total. The number of fused-ring (bicyclic) bond motifs is 1. The minimum Gasteiger partial charge on any atom is -0.469 e. The maximum Gasteiger partial charge on any atom is 0.108 e. The highest BCUT2D eigenvalue weighted by atomic mass is 16.3. The molecule has 0 saturated carbocycles. The first-order valence-electron chi connectivity index (χ1n) is 5.34. The van der Waals surface area contributed by atoms with E-state index in [1.165, 1.54) is 11.1 Å². The molecule has 14 heavy (non-hydrogen) atoms. The van der Waals surface area contributed by atoms with Gasteiger partial charge in [-0.3, -0.25) is 0 Å². The van der Waals surface area contributed by atoms with E-state index in [-0.39, 0.29) is 5.41 Å². The van der Waals surface area contributed by atoms with Crippen LogP contribution in [0.4, 0.5) is 0 Å². The van der Waals surface area contributed by atoms with E-state index in [0.29, 0.717) is 6.04 Å². The molecular weight excluding hydrogens is 174 g/mol. The Morgan fingerprint density at radius 2 is 2.14 bits per heavy atom. The third-order valence-corrected chi connectivity index (χ3v) is 3.00. The van der Waals surface area contributed by atoms with Gasteiger partial charge in [-0.1, -0.05) is 20.8 Å². The Morgan fingerprint density at radius 3 is 2.79 bits per heavy atom. The van der Waals surface area contributed by atoms with E-state index in [2.05, 4.69) is 20.8 Å². The van der Waals surface area contributed by atoms with Gasteiger partial charge in [0.25, 0.3) is 0 Å². The van der Waals surface area contributed by atoms with Crippen LogP contribution < -0.4 is 5.73 Å². The van der Waals surface area contributed by atoms with Crippen molar-refractivity contribution in [1.29, 1.82) is 0 Å². The summed E-state index contributed by atoms with van der Waals surface area (Å²) >= 11 is 0. The summed E-state index contributed by atoms with van der Waals surface area (Å²) in [6, 6.07) is 0.293. The van der Waals surface area contributed by atoms with Crippen LogP contribution in [0.2, 0.25) is 0 Å². The predicted octanol–water partition coefficient (Wildman–Crippen LogP) is 2.39. The van der Waals surface area contributed by atoms with Gasteiger partial charge < -0.3 is 10.2 Å². The zero-order valence-electron chi connectivity index (χ0n) is 9.26. The number of rotatable bonds is 0. The van der Waals surface area contributed by atoms with Crippen molar-refractivity contribution in [3.8, 4) is 0 Å². The monoisotopic (exact) mass is 193 g/mol. The lowest BCUT2D eigenvalue weighted by Gasteiger charge is -2.22. The standard InChI is InChI=1S/C12H19NO/c1-12(2,3)10-7-14-11-6-8(13)4-5-9(10)11/h7-8H,4-6,13H2,1-3H3. The Labute approximate surface area is 85.5 Å². The third kappa shape index (κ3) is 1.59. The zero-order valence-corrected chi connectivity index (χ0v) is 9.26. The number of furan rings is 1. The van der Waals surface area contributed by atoms with Crippen molar-refractivity contribution in [2.24, 2.45) is 5.73 Å². The highest BCUT2D eigenvalue weighted by molar-refractivity contribution is 5.35. The van der Waals surface area contributed by atoms with Crippen molar-refractivity contribution >= 4 is 0 Å². The second-order valence-corrected chi connectivity index (χ2v) is 5.30. The first-order chi connectivity index (χ1) is 6.48. The maximum absolute atomic E-state index is 5.91. The fraction of sp³-hybridized carbons (Fsp3) is 0.667. The van der Waals surface area contributed by atoms with Crippen LogP contribution in [0.3, 0.4) is 0 Å². The quantitative estimate of drug-likeness (QED) is 0.687. The molecule has 1 heterocycles. The third-order valence-electron chi connectivity index (χ3n) is 3.00. The summed E-state index contributed by atoms with van der Waals surface area (Å²) in [5.74, 6) is 1.12. The SMILES string of the molecule is CC(C)(C)c1coc2c1CCC(N)C2. The van der Waals surface area contributed by atoms with E-state index in [9.17, 15) is 0 Å². The highest BCUT2D eigenvalue weighted by Crippen LogP contribution is 2.33. The van der Waals surface area contributed by atoms with Crippen molar-refractivity contribution < 1.29 is 4.42 Å². The minimum absolute atomic E-state index is 0.193. The fourth-order valence-corrected chi connectivity index (χ4v) is 2.17. The molecule has 1 aromatic rings. The molecule has 78 valence electrons. The molecule has 1 aromatic heterocycles. The lowest BCUT2D eigenvalue weighted by molar-refractivity contribution is 0.449. The lowest BCUT2D eigenvalue weighted by atomic mass is 9.81.